The number of anilines is 1. The number of nitrogens with zero attached hydrogens (tertiary/aromatic N) is 4. The number of imidazole rings is 1. The molecule has 1 aromatic carbocycles. The lowest BCUT2D eigenvalue weighted by Crippen LogP contribution is -2.45. The summed E-state index contributed by atoms with van der Waals surface area (Å²) in [7, 11) is 0. The van der Waals surface area contributed by atoms with E-state index >= 15 is 0 Å². The minimum absolute atomic E-state index is 0.179. The molecule has 0 radical (unpaired) electrons. The third-order valence-corrected chi connectivity index (χ3v) is 5.08. The summed E-state index contributed by atoms with van der Waals surface area (Å²) >= 11 is 0. The second kappa shape index (κ2) is 7.41. The van der Waals surface area contributed by atoms with Crippen molar-refractivity contribution >= 4 is 17.0 Å². The van der Waals surface area contributed by atoms with E-state index in [0.717, 1.165) is 5.56 Å². The average Bonchev–Trinajstić information content (AvgIpc) is 3.27. The van der Waals surface area contributed by atoms with Gasteiger partial charge in [-0.15, -0.1) is 0 Å². The summed E-state index contributed by atoms with van der Waals surface area (Å²) in [6.45, 7) is -0.603. The number of ether oxygens (including phenoxy) is 1. The first kappa shape index (κ1) is 18.7. The van der Waals surface area contributed by atoms with Gasteiger partial charge in [-0.05, 0) is 5.56 Å². The molecule has 2 aromatic heterocycles. The number of nitrogens with two attached hydrogens (primary N) is 1. The van der Waals surface area contributed by atoms with Crippen molar-refractivity contribution in [3.8, 4) is 0 Å². The zero-order chi connectivity index (χ0) is 19.8. The SMILES string of the molecule is Nc1c2ncn([C@@H]3O[C@H](CO)[C@@H](O)[C@H]3O)c2nc[n+]1[C@H](CO)c1ccccc1. The van der Waals surface area contributed by atoms with Gasteiger partial charge in [0.25, 0.3) is 5.82 Å². The third-order valence-electron chi connectivity index (χ3n) is 5.08. The van der Waals surface area contributed by atoms with Crippen molar-refractivity contribution in [3.05, 3.63) is 48.5 Å². The highest BCUT2D eigenvalue weighted by Gasteiger charge is 2.44. The van der Waals surface area contributed by atoms with E-state index in [1.807, 2.05) is 30.3 Å². The van der Waals surface area contributed by atoms with Crippen LogP contribution in [0.25, 0.3) is 11.2 Å². The minimum atomic E-state index is -1.25. The van der Waals surface area contributed by atoms with Gasteiger partial charge in [-0.2, -0.15) is 0 Å². The first-order valence-corrected chi connectivity index (χ1v) is 8.87. The Morgan fingerprint density at radius 2 is 1.89 bits per heavy atom. The fourth-order valence-corrected chi connectivity index (χ4v) is 3.54. The van der Waals surface area contributed by atoms with Crippen molar-refractivity contribution in [2.75, 3.05) is 18.9 Å². The van der Waals surface area contributed by atoms with Crippen LogP contribution in [-0.2, 0) is 4.74 Å². The Labute approximate surface area is 160 Å². The summed E-state index contributed by atoms with van der Waals surface area (Å²) in [4.78, 5) is 8.67. The molecule has 5 atom stereocenters. The number of hydrogen-bond donors (Lipinski definition) is 5. The van der Waals surface area contributed by atoms with Crippen molar-refractivity contribution in [2.45, 2.75) is 30.6 Å². The first-order chi connectivity index (χ1) is 13.6. The number of aliphatic hydroxyl groups excluding tert-OH is 4. The molecule has 0 amide bonds. The number of hydrogen-bond acceptors (Lipinski definition) is 8. The van der Waals surface area contributed by atoms with Gasteiger partial charge in [0.15, 0.2) is 11.7 Å². The Kier molecular flexibility index (Phi) is 4.96. The Bertz CT molecular complexity index is 966. The highest BCUT2D eigenvalue weighted by Crippen LogP contribution is 2.31. The van der Waals surface area contributed by atoms with E-state index in [4.69, 9.17) is 10.5 Å². The summed E-state index contributed by atoms with van der Waals surface area (Å²) in [6.07, 6.45) is -1.43. The minimum Gasteiger partial charge on any atom is -0.394 e. The molecule has 10 heteroatoms. The Morgan fingerprint density at radius 1 is 1.14 bits per heavy atom. The van der Waals surface area contributed by atoms with Gasteiger partial charge in [0.1, 0.15) is 30.7 Å². The normalized spacial score (nSPS) is 26.0. The molecule has 1 aliphatic heterocycles. The predicted molar refractivity (Wildman–Crippen MR) is 96.8 cm³/mol. The molecular formula is C18H22N5O5+. The maximum atomic E-state index is 10.3. The molecule has 3 aromatic rings. The molecule has 1 aliphatic rings. The largest absolute Gasteiger partial charge is 0.394 e. The smallest absolute Gasteiger partial charge is 0.251 e. The maximum absolute atomic E-state index is 10.3. The van der Waals surface area contributed by atoms with E-state index in [1.165, 1.54) is 17.2 Å². The second-order valence-electron chi connectivity index (χ2n) is 6.70. The molecule has 28 heavy (non-hydrogen) atoms. The molecule has 0 saturated carbocycles. The Hall–Kier alpha value is -2.63. The predicted octanol–water partition coefficient (Wildman–Crippen LogP) is -1.51. The molecule has 1 saturated heterocycles. The molecular weight excluding hydrogens is 366 g/mol. The van der Waals surface area contributed by atoms with Gasteiger partial charge in [-0.25, -0.2) is 9.55 Å². The van der Waals surface area contributed by atoms with E-state index in [1.54, 1.807) is 4.57 Å². The maximum Gasteiger partial charge on any atom is 0.251 e. The molecule has 4 rings (SSSR count). The first-order valence-electron chi connectivity index (χ1n) is 8.87. The van der Waals surface area contributed by atoms with Gasteiger partial charge in [-0.1, -0.05) is 35.3 Å². The number of nitrogen functional groups attached to an aromatic ring is 1. The zero-order valence-electron chi connectivity index (χ0n) is 14.9. The van der Waals surface area contributed by atoms with Crippen LogP contribution in [0.2, 0.25) is 0 Å². The van der Waals surface area contributed by atoms with E-state index in [0.29, 0.717) is 17.0 Å². The van der Waals surface area contributed by atoms with Crippen LogP contribution in [0.1, 0.15) is 17.8 Å². The third kappa shape index (κ3) is 2.91. The second-order valence-corrected chi connectivity index (χ2v) is 6.70. The number of aliphatic hydroxyl groups is 4. The molecule has 0 spiro atoms. The molecule has 3 heterocycles. The molecule has 0 aliphatic carbocycles. The number of fused-ring (bicyclic) bond motifs is 1. The fraction of sp³-hybridized carbons (Fsp3) is 0.389. The monoisotopic (exact) mass is 388 g/mol. The van der Waals surface area contributed by atoms with Crippen LogP contribution < -0.4 is 10.3 Å². The number of benzene rings is 1. The van der Waals surface area contributed by atoms with E-state index < -0.39 is 37.2 Å². The van der Waals surface area contributed by atoms with Gasteiger partial charge >= 0.3 is 0 Å². The van der Waals surface area contributed by atoms with Crippen molar-refractivity contribution in [3.63, 3.8) is 0 Å². The standard InChI is InChI=1S/C18H21N5O5/c19-16-13-17(21-9-22(16)11(6-24)10-4-2-1-3-5-10)23(8-20-13)18-15(27)14(26)12(7-25)28-18/h1-5,8-9,11-12,14-15,18-19,24-27H,6-7H2/p+1/t11-,12-,14-,15-,18-/m1/s1. The summed E-state index contributed by atoms with van der Waals surface area (Å²) in [5.41, 5.74) is 7.89. The van der Waals surface area contributed by atoms with Crippen LogP contribution >= 0.6 is 0 Å². The molecule has 1 fully saturated rings. The highest BCUT2D eigenvalue weighted by molar-refractivity contribution is 5.79. The van der Waals surface area contributed by atoms with Gasteiger partial charge in [0.05, 0.1) is 13.2 Å². The molecule has 10 nitrogen and oxygen atoms in total. The van der Waals surface area contributed by atoms with Gasteiger partial charge < -0.3 is 30.9 Å². The summed E-state index contributed by atoms with van der Waals surface area (Å²) in [5, 5.41) is 39.4. The summed E-state index contributed by atoms with van der Waals surface area (Å²) in [5.74, 6) is 0.290. The zero-order valence-corrected chi connectivity index (χ0v) is 14.9. The van der Waals surface area contributed by atoms with Crippen LogP contribution in [0.3, 0.4) is 0 Å². The van der Waals surface area contributed by atoms with Crippen LogP contribution in [0.5, 0.6) is 0 Å². The van der Waals surface area contributed by atoms with Crippen molar-refractivity contribution in [2.24, 2.45) is 0 Å². The fourth-order valence-electron chi connectivity index (χ4n) is 3.54. The van der Waals surface area contributed by atoms with Crippen LogP contribution in [0, 0.1) is 0 Å². The lowest BCUT2D eigenvalue weighted by atomic mass is 10.1. The van der Waals surface area contributed by atoms with Crippen LogP contribution in [-0.4, -0.2) is 66.5 Å². The van der Waals surface area contributed by atoms with Crippen LogP contribution in [0.4, 0.5) is 5.82 Å². The quantitative estimate of drug-likeness (QED) is 0.331. The average molecular weight is 388 g/mol. The van der Waals surface area contributed by atoms with Gasteiger partial charge in [0.2, 0.25) is 12.0 Å². The summed E-state index contributed by atoms with van der Waals surface area (Å²) in [6, 6.07) is 8.96. The topological polar surface area (TPSA) is 151 Å². The Balaban J connectivity index is 1.74. The van der Waals surface area contributed by atoms with E-state index in [-0.39, 0.29) is 6.61 Å². The lowest BCUT2D eigenvalue weighted by molar-refractivity contribution is -0.703. The molecule has 0 unspecified atom stereocenters. The van der Waals surface area contributed by atoms with E-state index in [2.05, 4.69) is 9.97 Å². The summed E-state index contributed by atoms with van der Waals surface area (Å²) < 4.78 is 8.64. The van der Waals surface area contributed by atoms with Gasteiger partial charge in [-0.3, -0.25) is 4.57 Å². The molecule has 6 N–H and O–H groups in total. The van der Waals surface area contributed by atoms with E-state index in [9.17, 15) is 20.4 Å². The number of rotatable bonds is 5. The van der Waals surface area contributed by atoms with Gasteiger partial charge in [0, 0.05) is 0 Å². The highest BCUT2D eigenvalue weighted by atomic mass is 16.6. The lowest BCUT2D eigenvalue weighted by Gasteiger charge is -2.17. The van der Waals surface area contributed by atoms with Crippen molar-refractivity contribution < 1.29 is 29.7 Å². The molecule has 148 valence electrons. The number of aromatic nitrogens is 4. The van der Waals surface area contributed by atoms with Crippen LogP contribution in [0.15, 0.2) is 43.0 Å². The Morgan fingerprint density at radius 3 is 2.54 bits per heavy atom. The molecule has 0 bridgehead atoms. The van der Waals surface area contributed by atoms with Crippen molar-refractivity contribution in [1.82, 2.24) is 14.5 Å². The van der Waals surface area contributed by atoms with Crippen molar-refractivity contribution in [1.29, 1.82) is 0 Å².